The van der Waals surface area contributed by atoms with E-state index in [9.17, 15) is 8.42 Å². The molecule has 1 aliphatic rings. The molecule has 0 bridgehead atoms. The standard InChI is InChI=1S/C9H10INO2S/c10-7-3-1-6(2-4-7)8-5-9(8)14(11,12)13/h1-4,8-9H,5H2,(H2,11,12,13). The zero-order valence-corrected chi connectivity index (χ0v) is 10.3. The molecule has 0 heterocycles. The molecule has 0 aliphatic heterocycles. The largest absolute Gasteiger partial charge is 0.228 e. The first-order valence-corrected chi connectivity index (χ1v) is 6.94. The number of halogens is 1. The Morgan fingerprint density at radius 1 is 1.29 bits per heavy atom. The van der Waals surface area contributed by atoms with Gasteiger partial charge in [-0.3, -0.25) is 0 Å². The van der Waals surface area contributed by atoms with Gasteiger partial charge in [0.1, 0.15) is 0 Å². The van der Waals surface area contributed by atoms with Crippen molar-refractivity contribution in [3.8, 4) is 0 Å². The summed E-state index contributed by atoms with van der Waals surface area (Å²) in [7, 11) is -3.34. The molecule has 3 nitrogen and oxygen atoms in total. The van der Waals surface area contributed by atoms with Gasteiger partial charge in [-0.1, -0.05) is 12.1 Å². The maximum atomic E-state index is 11.0. The van der Waals surface area contributed by atoms with Gasteiger partial charge < -0.3 is 0 Å². The molecule has 1 aliphatic carbocycles. The van der Waals surface area contributed by atoms with Crippen LogP contribution in [0.5, 0.6) is 0 Å². The summed E-state index contributed by atoms with van der Waals surface area (Å²) in [4.78, 5) is 0. The molecule has 1 aromatic rings. The summed E-state index contributed by atoms with van der Waals surface area (Å²) >= 11 is 2.22. The monoisotopic (exact) mass is 323 g/mol. The number of nitrogens with two attached hydrogens (primary N) is 1. The van der Waals surface area contributed by atoms with Crippen LogP contribution in [0.1, 0.15) is 17.9 Å². The van der Waals surface area contributed by atoms with E-state index in [2.05, 4.69) is 22.6 Å². The van der Waals surface area contributed by atoms with Crippen LogP contribution in [-0.2, 0) is 10.0 Å². The minimum absolute atomic E-state index is 0.113. The maximum Gasteiger partial charge on any atom is 0.212 e. The second kappa shape index (κ2) is 3.46. The molecule has 76 valence electrons. The van der Waals surface area contributed by atoms with E-state index in [0.29, 0.717) is 6.42 Å². The highest BCUT2D eigenvalue weighted by atomic mass is 127. The van der Waals surface area contributed by atoms with E-state index < -0.39 is 10.0 Å². The van der Waals surface area contributed by atoms with Crippen LogP contribution in [0, 0.1) is 3.57 Å². The molecule has 1 saturated carbocycles. The molecule has 0 amide bonds. The van der Waals surface area contributed by atoms with E-state index in [1.54, 1.807) is 0 Å². The average molecular weight is 323 g/mol. The maximum absolute atomic E-state index is 11.0. The lowest BCUT2D eigenvalue weighted by Gasteiger charge is -1.99. The fourth-order valence-corrected chi connectivity index (χ4v) is 3.05. The summed E-state index contributed by atoms with van der Waals surface area (Å²) in [6.07, 6.45) is 0.666. The highest BCUT2D eigenvalue weighted by Gasteiger charge is 2.46. The van der Waals surface area contributed by atoms with Crippen molar-refractivity contribution in [2.24, 2.45) is 5.14 Å². The van der Waals surface area contributed by atoms with Gasteiger partial charge in [0.05, 0.1) is 5.25 Å². The van der Waals surface area contributed by atoms with Crippen LogP contribution in [0.2, 0.25) is 0 Å². The molecular weight excluding hydrogens is 313 g/mol. The number of hydrogen-bond donors (Lipinski definition) is 1. The van der Waals surface area contributed by atoms with Crippen molar-refractivity contribution in [3.05, 3.63) is 33.4 Å². The van der Waals surface area contributed by atoms with Gasteiger partial charge in [-0.2, -0.15) is 0 Å². The Morgan fingerprint density at radius 2 is 1.86 bits per heavy atom. The summed E-state index contributed by atoms with van der Waals surface area (Å²) in [6.45, 7) is 0. The quantitative estimate of drug-likeness (QED) is 0.837. The molecule has 2 unspecified atom stereocenters. The Labute approximate surface area is 96.9 Å². The van der Waals surface area contributed by atoms with Crippen molar-refractivity contribution in [2.75, 3.05) is 0 Å². The van der Waals surface area contributed by atoms with Crippen molar-refractivity contribution in [1.29, 1.82) is 0 Å². The van der Waals surface area contributed by atoms with Gasteiger partial charge in [0.15, 0.2) is 0 Å². The van der Waals surface area contributed by atoms with E-state index in [0.717, 1.165) is 9.13 Å². The lowest BCUT2D eigenvalue weighted by molar-refractivity contribution is 0.595. The van der Waals surface area contributed by atoms with Crippen LogP contribution in [0.15, 0.2) is 24.3 Å². The van der Waals surface area contributed by atoms with Crippen LogP contribution in [0.25, 0.3) is 0 Å². The van der Waals surface area contributed by atoms with Crippen molar-refractivity contribution >= 4 is 32.6 Å². The fraction of sp³-hybridized carbons (Fsp3) is 0.333. The van der Waals surface area contributed by atoms with Gasteiger partial charge in [-0.15, -0.1) is 0 Å². The molecule has 2 N–H and O–H groups in total. The first-order valence-electron chi connectivity index (χ1n) is 4.25. The lowest BCUT2D eigenvalue weighted by atomic mass is 10.1. The Hall–Kier alpha value is -0.140. The van der Waals surface area contributed by atoms with E-state index in [4.69, 9.17) is 5.14 Å². The number of sulfonamides is 1. The van der Waals surface area contributed by atoms with Crippen LogP contribution < -0.4 is 5.14 Å². The third-order valence-corrected chi connectivity index (χ3v) is 4.54. The van der Waals surface area contributed by atoms with Crippen molar-refractivity contribution in [1.82, 2.24) is 0 Å². The summed E-state index contributed by atoms with van der Waals surface area (Å²) in [5, 5.41) is 4.71. The van der Waals surface area contributed by atoms with Gasteiger partial charge in [0, 0.05) is 9.49 Å². The SMILES string of the molecule is NS(=O)(=O)C1CC1c1ccc(I)cc1. The highest BCUT2D eigenvalue weighted by Crippen LogP contribution is 2.44. The molecule has 0 aromatic heterocycles. The highest BCUT2D eigenvalue weighted by molar-refractivity contribution is 14.1. The molecule has 0 spiro atoms. The van der Waals surface area contributed by atoms with Gasteiger partial charge in [0.2, 0.25) is 10.0 Å². The molecule has 5 heteroatoms. The zero-order chi connectivity index (χ0) is 10.3. The van der Waals surface area contributed by atoms with Crippen LogP contribution in [0.3, 0.4) is 0 Å². The van der Waals surface area contributed by atoms with Crippen LogP contribution in [-0.4, -0.2) is 13.7 Å². The fourth-order valence-electron chi connectivity index (χ4n) is 1.60. The number of rotatable bonds is 2. The molecule has 14 heavy (non-hydrogen) atoms. The summed E-state index contributed by atoms with van der Waals surface area (Å²) in [5.74, 6) is 0.113. The zero-order valence-electron chi connectivity index (χ0n) is 7.35. The second-order valence-corrected chi connectivity index (χ2v) is 6.55. The lowest BCUT2D eigenvalue weighted by Crippen LogP contribution is -2.18. The van der Waals surface area contributed by atoms with E-state index in [1.807, 2.05) is 24.3 Å². The van der Waals surface area contributed by atoms with Crippen molar-refractivity contribution in [2.45, 2.75) is 17.6 Å². The van der Waals surface area contributed by atoms with Gasteiger partial charge in [-0.25, -0.2) is 13.6 Å². The van der Waals surface area contributed by atoms with Crippen LogP contribution in [0.4, 0.5) is 0 Å². The number of primary sulfonamides is 1. The minimum Gasteiger partial charge on any atom is -0.228 e. The number of hydrogen-bond acceptors (Lipinski definition) is 2. The van der Waals surface area contributed by atoms with Gasteiger partial charge >= 0.3 is 0 Å². The Bertz CT molecular complexity index is 440. The summed E-state index contributed by atoms with van der Waals surface area (Å²) < 4.78 is 23.2. The third-order valence-electron chi connectivity index (χ3n) is 2.45. The minimum atomic E-state index is -3.34. The molecule has 2 rings (SSSR count). The summed E-state index contributed by atoms with van der Waals surface area (Å²) in [5.41, 5.74) is 1.07. The molecule has 0 radical (unpaired) electrons. The van der Waals surface area contributed by atoms with Gasteiger partial charge in [-0.05, 0) is 46.7 Å². The smallest absolute Gasteiger partial charge is 0.212 e. The van der Waals surface area contributed by atoms with Crippen molar-refractivity contribution < 1.29 is 8.42 Å². The second-order valence-electron chi connectivity index (χ2n) is 3.52. The Morgan fingerprint density at radius 3 is 2.29 bits per heavy atom. The van der Waals surface area contributed by atoms with E-state index in [-0.39, 0.29) is 11.2 Å². The predicted octanol–water partition coefficient (Wildman–Crippen LogP) is 1.44. The summed E-state index contributed by atoms with van der Waals surface area (Å²) in [6, 6.07) is 7.90. The molecule has 1 aromatic carbocycles. The van der Waals surface area contributed by atoms with Gasteiger partial charge in [0.25, 0.3) is 0 Å². The van der Waals surface area contributed by atoms with E-state index in [1.165, 1.54) is 0 Å². The molecule has 1 fully saturated rings. The van der Waals surface area contributed by atoms with E-state index >= 15 is 0 Å². The average Bonchev–Trinajstić information content (AvgIpc) is 2.83. The Balaban J connectivity index is 2.18. The Kier molecular flexibility index (Phi) is 2.57. The molecule has 2 atom stereocenters. The topological polar surface area (TPSA) is 60.2 Å². The molecule has 0 saturated heterocycles. The first-order chi connectivity index (χ1) is 6.48. The predicted molar refractivity (Wildman–Crippen MR) is 63.4 cm³/mol. The van der Waals surface area contributed by atoms with Crippen LogP contribution >= 0.6 is 22.6 Å². The number of benzene rings is 1. The first kappa shape index (κ1) is 10.4. The third kappa shape index (κ3) is 2.09. The van der Waals surface area contributed by atoms with Crippen molar-refractivity contribution in [3.63, 3.8) is 0 Å². The molecular formula is C9H10INO2S. The normalized spacial score (nSPS) is 26.1.